The van der Waals surface area contributed by atoms with Gasteiger partial charge in [-0.05, 0) is 45.1 Å². The number of carbonyl (C=O) groups is 1. The van der Waals surface area contributed by atoms with E-state index in [2.05, 4.69) is 17.5 Å². The Labute approximate surface area is 107 Å². The first-order valence-electron chi connectivity index (χ1n) is 6.51. The van der Waals surface area contributed by atoms with Crippen molar-refractivity contribution in [2.75, 3.05) is 0 Å². The number of hydrazone groups is 1. The summed E-state index contributed by atoms with van der Waals surface area (Å²) < 4.78 is 5.34. The molecule has 1 aromatic rings. The molecule has 0 aliphatic heterocycles. The predicted molar refractivity (Wildman–Crippen MR) is 70.7 cm³/mol. The topological polar surface area (TPSA) is 54.6 Å². The van der Waals surface area contributed by atoms with Crippen molar-refractivity contribution < 1.29 is 9.21 Å². The van der Waals surface area contributed by atoms with Crippen molar-refractivity contribution >= 4 is 11.6 Å². The van der Waals surface area contributed by atoms with Crippen LogP contribution in [0.1, 0.15) is 54.5 Å². The maximum atomic E-state index is 11.9. The predicted octanol–water partition coefficient (Wildman–Crippen LogP) is 3.19. The standard InChI is InChI=1S/C14H20N2O2/c1-9-6-4-5-7-13(9)15-16-14(17)12-8-10(2)18-11(12)3/h8-9H,4-7H2,1-3H3,(H,16,17)/t9-/m0/s1. The zero-order chi connectivity index (χ0) is 13.1. The van der Waals surface area contributed by atoms with Crippen LogP contribution in [0, 0.1) is 19.8 Å². The number of aryl methyl sites for hydroxylation is 2. The number of furan rings is 1. The second kappa shape index (κ2) is 5.38. The van der Waals surface area contributed by atoms with Gasteiger partial charge in [0.15, 0.2) is 0 Å². The Balaban J connectivity index is 2.03. The average Bonchev–Trinajstić information content (AvgIpc) is 2.67. The third-order valence-corrected chi connectivity index (χ3v) is 3.48. The molecule has 0 aromatic carbocycles. The van der Waals surface area contributed by atoms with Crippen LogP contribution in [0.5, 0.6) is 0 Å². The van der Waals surface area contributed by atoms with Crippen LogP contribution in [-0.2, 0) is 0 Å². The molecule has 0 unspecified atom stereocenters. The highest BCUT2D eigenvalue weighted by Crippen LogP contribution is 2.21. The molecule has 0 spiro atoms. The normalized spacial score (nSPS) is 22.2. The van der Waals surface area contributed by atoms with Crippen molar-refractivity contribution in [2.24, 2.45) is 11.0 Å². The van der Waals surface area contributed by atoms with Gasteiger partial charge in [0.1, 0.15) is 11.5 Å². The monoisotopic (exact) mass is 248 g/mol. The molecule has 1 saturated carbocycles. The van der Waals surface area contributed by atoms with Crippen LogP contribution in [-0.4, -0.2) is 11.6 Å². The summed E-state index contributed by atoms with van der Waals surface area (Å²) >= 11 is 0. The van der Waals surface area contributed by atoms with Crippen molar-refractivity contribution in [3.05, 3.63) is 23.2 Å². The van der Waals surface area contributed by atoms with Gasteiger partial charge in [0.05, 0.1) is 5.56 Å². The second-order valence-corrected chi connectivity index (χ2v) is 5.02. The van der Waals surface area contributed by atoms with E-state index in [1.165, 1.54) is 19.3 Å². The highest BCUT2D eigenvalue weighted by molar-refractivity contribution is 5.96. The molecule has 1 fully saturated rings. The fraction of sp³-hybridized carbons (Fsp3) is 0.571. The molecular formula is C14H20N2O2. The van der Waals surface area contributed by atoms with Gasteiger partial charge < -0.3 is 4.42 Å². The molecule has 18 heavy (non-hydrogen) atoms. The molecule has 1 aromatic heterocycles. The van der Waals surface area contributed by atoms with E-state index in [9.17, 15) is 4.79 Å². The number of nitrogens with one attached hydrogen (secondary N) is 1. The molecule has 1 aliphatic rings. The summed E-state index contributed by atoms with van der Waals surface area (Å²) in [6.45, 7) is 5.79. The fourth-order valence-electron chi connectivity index (χ4n) is 2.37. The van der Waals surface area contributed by atoms with Crippen molar-refractivity contribution in [2.45, 2.75) is 46.5 Å². The molecule has 0 radical (unpaired) electrons. The molecule has 0 saturated heterocycles. The number of nitrogens with zero attached hydrogens (tertiary/aromatic N) is 1. The minimum absolute atomic E-state index is 0.186. The Bertz CT molecular complexity index is 474. The Morgan fingerprint density at radius 2 is 2.22 bits per heavy atom. The largest absolute Gasteiger partial charge is 0.466 e. The molecule has 98 valence electrons. The number of hydrogen-bond donors (Lipinski definition) is 1. The highest BCUT2D eigenvalue weighted by Gasteiger charge is 2.17. The van der Waals surface area contributed by atoms with Gasteiger partial charge in [-0.3, -0.25) is 4.79 Å². The minimum atomic E-state index is -0.186. The van der Waals surface area contributed by atoms with Gasteiger partial charge >= 0.3 is 0 Å². The van der Waals surface area contributed by atoms with E-state index in [1.54, 1.807) is 13.0 Å². The molecule has 1 amide bonds. The smallest absolute Gasteiger partial charge is 0.274 e. The number of hydrogen-bond acceptors (Lipinski definition) is 3. The Hall–Kier alpha value is -1.58. The van der Waals surface area contributed by atoms with E-state index in [0.29, 0.717) is 17.2 Å². The molecule has 4 heteroatoms. The SMILES string of the molecule is Cc1cc(C(=O)NN=C2CCCC[C@@H]2C)c(C)o1. The Morgan fingerprint density at radius 1 is 1.44 bits per heavy atom. The zero-order valence-electron chi connectivity index (χ0n) is 11.2. The van der Waals surface area contributed by atoms with Crippen LogP contribution in [0.15, 0.2) is 15.6 Å². The number of rotatable bonds is 2. The van der Waals surface area contributed by atoms with Crippen LogP contribution < -0.4 is 5.43 Å². The number of amides is 1. The van der Waals surface area contributed by atoms with Crippen molar-refractivity contribution in [3.63, 3.8) is 0 Å². The number of carbonyl (C=O) groups excluding carboxylic acids is 1. The first-order valence-corrected chi connectivity index (χ1v) is 6.51. The summed E-state index contributed by atoms with van der Waals surface area (Å²) in [5.74, 6) is 1.68. The van der Waals surface area contributed by atoms with Crippen molar-refractivity contribution in [1.82, 2.24) is 5.43 Å². The molecule has 1 atom stereocenters. The lowest BCUT2D eigenvalue weighted by Gasteiger charge is -2.19. The van der Waals surface area contributed by atoms with Gasteiger partial charge in [0, 0.05) is 5.71 Å². The first-order chi connectivity index (χ1) is 8.58. The van der Waals surface area contributed by atoms with Gasteiger partial charge in [-0.2, -0.15) is 5.10 Å². The molecule has 4 nitrogen and oxygen atoms in total. The van der Waals surface area contributed by atoms with Gasteiger partial charge in [-0.15, -0.1) is 0 Å². The van der Waals surface area contributed by atoms with E-state index in [0.717, 1.165) is 17.9 Å². The lowest BCUT2D eigenvalue weighted by atomic mass is 9.89. The quantitative estimate of drug-likeness (QED) is 0.817. The summed E-state index contributed by atoms with van der Waals surface area (Å²) in [5, 5.41) is 4.27. The summed E-state index contributed by atoms with van der Waals surface area (Å²) in [7, 11) is 0. The summed E-state index contributed by atoms with van der Waals surface area (Å²) in [6, 6.07) is 1.75. The second-order valence-electron chi connectivity index (χ2n) is 5.02. The van der Waals surface area contributed by atoms with Crippen LogP contribution in [0.4, 0.5) is 0 Å². The maximum Gasteiger partial charge on any atom is 0.274 e. The van der Waals surface area contributed by atoms with Gasteiger partial charge in [-0.1, -0.05) is 13.3 Å². The van der Waals surface area contributed by atoms with E-state index in [-0.39, 0.29) is 5.91 Å². The average molecular weight is 248 g/mol. The van der Waals surface area contributed by atoms with Gasteiger partial charge in [0.2, 0.25) is 0 Å². The van der Waals surface area contributed by atoms with E-state index in [4.69, 9.17) is 4.42 Å². The Kier molecular flexibility index (Phi) is 3.84. The third-order valence-electron chi connectivity index (χ3n) is 3.48. The van der Waals surface area contributed by atoms with E-state index in [1.807, 2.05) is 6.92 Å². The van der Waals surface area contributed by atoms with Gasteiger partial charge in [-0.25, -0.2) is 5.43 Å². The van der Waals surface area contributed by atoms with Crippen molar-refractivity contribution in [3.8, 4) is 0 Å². The molecule has 1 heterocycles. The van der Waals surface area contributed by atoms with Gasteiger partial charge in [0.25, 0.3) is 5.91 Å². The Morgan fingerprint density at radius 3 is 2.83 bits per heavy atom. The first kappa shape index (κ1) is 12.9. The van der Waals surface area contributed by atoms with Crippen LogP contribution in [0.3, 0.4) is 0 Å². The molecule has 1 aliphatic carbocycles. The van der Waals surface area contributed by atoms with Crippen LogP contribution in [0.2, 0.25) is 0 Å². The summed E-state index contributed by atoms with van der Waals surface area (Å²) in [6.07, 6.45) is 4.58. The highest BCUT2D eigenvalue weighted by atomic mass is 16.3. The lowest BCUT2D eigenvalue weighted by Crippen LogP contribution is -2.24. The molecule has 1 N–H and O–H groups in total. The zero-order valence-corrected chi connectivity index (χ0v) is 11.2. The molecule has 0 bridgehead atoms. The molecule has 2 rings (SSSR count). The summed E-state index contributed by atoms with van der Waals surface area (Å²) in [5.41, 5.74) is 4.32. The van der Waals surface area contributed by atoms with Crippen LogP contribution in [0.25, 0.3) is 0 Å². The van der Waals surface area contributed by atoms with E-state index >= 15 is 0 Å². The van der Waals surface area contributed by atoms with Crippen LogP contribution >= 0.6 is 0 Å². The minimum Gasteiger partial charge on any atom is -0.466 e. The molecular weight excluding hydrogens is 228 g/mol. The lowest BCUT2D eigenvalue weighted by molar-refractivity contribution is 0.0953. The maximum absolute atomic E-state index is 11.9. The van der Waals surface area contributed by atoms with E-state index < -0.39 is 0 Å². The summed E-state index contributed by atoms with van der Waals surface area (Å²) in [4.78, 5) is 11.9. The fourth-order valence-corrected chi connectivity index (χ4v) is 2.37. The van der Waals surface area contributed by atoms with Crippen molar-refractivity contribution in [1.29, 1.82) is 0 Å². The third kappa shape index (κ3) is 2.81.